The Kier molecular flexibility index (Phi) is 3.67. The molecule has 2 heterocycles. The number of methoxy groups -OCH3 is 1. The minimum atomic E-state index is -3.70. The summed E-state index contributed by atoms with van der Waals surface area (Å²) in [5.41, 5.74) is -0.469. The van der Waals surface area contributed by atoms with E-state index in [4.69, 9.17) is 9.47 Å². The van der Waals surface area contributed by atoms with E-state index in [9.17, 15) is 18.0 Å². The molecule has 140 valence electrons. The van der Waals surface area contributed by atoms with E-state index in [2.05, 4.69) is 13.8 Å². The number of amides is 1. The van der Waals surface area contributed by atoms with Crippen LogP contribution in [-0.4, -0.2) is 55.7 Å². The number of hydrogen-bond donors (Lipinski definition) is 0. The molecule has 25 heavy (non-hydrogen) atoms. The third kappa shape index (κ3) is 2.20. The van der Waals surface area contributed by atoms with E-state index in [-0.39, 0.29) is 41.2 Å². The number of ketones is 1. The van der Waals surface area contributed by atoms with Crippen molar-refractivity contribution < 1.29 is 27.5 Å². The summed E-state index contributed by atoms with van der Waals surface area (Å²) in [6, 6.07) is -0.305. The molecule has 0 aromatic rings. The topological polar surface area (TPSA) is 90.0 Å². The number of sulfonamides is 1. The van der Waals surface area contributed by atoms with Crippen molar-refractivity contribution in [2.45, 2.75) is 64.4 Å². The van der Waals surface area contributed by atoms with Gasteiger partial charge in [0.25, 0.3) is 5.91 Å². The fraction of sp³-hybridized carbons (Fsp3) is 0.882. The molecule has 4 aliphatic rings. The summed E-state index contributed by atoms with van der Waals surface area (Å²) in [4.78, 5) is 25.0. The molecule has 0 aromatic heterocycles. The average molecular weight is 371 g/mol. The van der Waals surface area contributed by atoms with Gasteiger partial charge in [0.1, 0.15) is 11.9 Å². The number of Topliss-reactive ketones (excluding diaryl/α,β-unsaturated/α-hetero) is 1. The highest BCUT2D eigenvalue weighted by Gasteiger charge is 2.72. The second-order valence-corrected chi connectivity index (χ2v) is 10.3. The highest BCUT2D eigenvalue weighted by atomic mass is 32.2. The van der Waals surface area contributed by atoms with Crippen LogP contribution in [0, 0.1) is 16.7 Å². The smallest absolute Gasteiger partial charge is 0.266 e. The predicted octanol–water partition coefficient (Wildman–Crippen LogP) is 1.07. The van der Waals surface area contributed by atoms with Gasteiger partial charge in [-0.15, -0.1) is 0 Å². The zero-order valence-electron chi connectivity index (χ0n) is 14.9. The number of ether oxygens (including phenoxy) is 2. The van der Waals surface area contributed by atoms with Crippen molar-refractivity contribution >= 4 is 21.7 Å². The third-order valence-electron chi connectivity index (χ3n) is 7.29. The molecule has 2 bridgehead atoms. The second kappa shape index (κ2) is 5.27. The Morgan fingerprint density at radius 2 is 2.04 bits per heavy atom. The van der Waals surface area contributed by atoms with E-state index in [1.165, 1.54) is 7.11 Å². The molecule has 1 amide bonds. The van der Waals surface area contributed by atoms with Crippen molar-refractivity contribution in [3.8, 4) is 0 Å². The van der Waals surface area contributed by atoms with E-state index in [1.807, 2.05) is 0 Å². The molecule has 1 spiro atoms. The first kappa shape index (κ1) is 17.4. The molecule has 2 aliphatic heterocycles. The van der Waals surface area contributed by atoms with Gasteiger partial charge in [0.2, 0.25) is 10.0 Å². The molecule has 2 saturated carbocycles. The van der Waals surface area contributed by atoms with Crippen LogP contribution < -0.4 is 0 Å². The molecule has 5 atom stereocenters. The largest absolute Gasteiger partial charge is 0.355 e. The third-order valence-corrected chi connectivity index (χ3v) is 9.20. The molecule has 8 heteroatoms. The lowest BCUT2D eigenvalue weighted by atomic mass is 9.69. The minimum Gasteiger partial charge on any atom is -0.355 e. The Bertz CT molecular complexity index is 731. The van der Waals surface area contributed by atoms with Gasteiger partial charge in [0.05, 0.1) is 18.2 Å². The number of carbonyl (C=O) groups is 2. The Morgan fingerprint density at radius 1 is 1.32 bits per heavy atom. The molecule has 2 saturated heterocycles. The van der Waals surface area contributed by atoms with Crippen LogP contribution in [0.4, 0.5) is 0 Å². The molecule has 0 aromatic carbocycles. The zero-order chi connectivity index (χ0) is 18.2. The lowest BCUT2D eigenvalue weighted by Gasteiger charge is -2.38. The summed E-state index contributed by atoms with van der Waals surface area (Å²) in [5.74, 6) is -0.283. The van der Waals surface area contributed by atoms with E-state index in [0.717, 1.165) is 17.1 Å². The SMILES string of the molecule is CO[C@@H]1CC(=O)C[C@@H](C(=O)N2[C@H]3C[C@@H]4CC[C@@]3(CS2(=O)=O)C4(C)C)O1. The van der Waals surface area contributed by atoms with Crippen molar-refractivity contribution in [2.24, 2.45) is 16.7 Å². The predicted molar refractivity (Wildman–Crippen MR) is 87.9 cm³/mol. The summed E-state index contributed by atoms with van der Waals surface area (Å²) < 4.78 is 37.5. The van der Waals surface area contributed by atoms with Crippen LogP contribution in [0.1, 0.15) is 46.0 Å². The monoisotopic (exact) mass is 371 g/mol. The van der Waals surface area contributed by atoms with Gasteiger partial charge in [0.15, 0.2) is 6.29 Å². The van der Waals surface area contributed by atoms with Gasteiger partial charge < -0.3 is 9.47 Å². The normalized spacial score (nSPS) is 44.1. The fourth-order valence-electron chi connectivity index (χ4n) is 5.76. The van der Waals surface area contributed by atoms with Gasteiger partial charge in [0, 0.05) is 18.9 Å². The lowest BCUT2D eigenvalue weighted by molar-refractivity contribution is -0.192. The maximum Gasteiger partial charge on any atom is 0.266 e. The van der Waals surface area contributed by atoms with E-state index in [0.29, 0.717) is 12.3 Å². The summed E-state index contributed by atoms with van der Waals surface area (Å²) in [6.07, 6.45) is 0.720. The van der Waals surface area contributed by atoms with Gasteiger partial charge in [-0.25, -0.2) is 12.7 Å². The maximum atomic E-state index is 13.1. The van der Waals surface area contributed by atoms with Crippen molar-refractivity contribution in [1.29, 1.82) is 0 Å². The Balaban J connectivity index is 1.66. The van der Waals surface area contributed by atoms with E-state index < -0.39 is 28.3 Å². The van der Waals surface area contributed by atoms with Gasteiger partial charge >= 0.3 is 0 Å². The van der Waals surface area contributed by atoms with Gasteiger partial charge in [-0.1, -0.05) is 13.8 Å². The van der Waals surface area contributed by atoms with Crippen LogP contribution >= 0.6 is 0 Å². The summed E-state index contributed by atoms with van der Waals surface area (Å²) in [6.45, 7) is 4.27. The molecular formula is C17H25NO6S. The first-order valence-electron chi connectivity index (χ1n) is 8.88. The van der Waals surface area contributed by atoms with Crippen LogP contribution in [0.3, 0.4) is 0 Å². The number of hydrogen-bond acceptors (Lipinski definition) is 6. The molecule has 0 unspecified atom stereocenters. The number of fused-ring (bicyclic) bond motifs is 1. The molecule has 0 N–H and O–H groups in total. The van der Waals surface area contributed by atoms with Gasteiger partial charge in [-0.2, -0.15) is 0 Å². The summed E-state index contributed by atoms with van der Waals surface area (Å²) >= 11 is 0. The highest BCUT2D eigenvalue weighted by molar-refractivity contribution is 7.90. The first-order valence-corrected chi connectivity index (χ1v) is 10.5. The van der Waals surface area contributed by atoms with Crippen molar-refractivity contribution in [1.82, 2.24) is 4.31 Å². The van der Waals surface area contributed by atoms with E-state index in [1.54, 1.807) is 0 Å². The quantitative estimate of drug-likeness (QED) is 0.721. The average Bonchev–Trinajstić information content (AvgIpc) is 3.00. The van der Waals surface area contributed by atoms with E-state index >= 15 is 0 Å². The second-order valence-electron chi connectivity index (χ2n) is 8.49. The maximum absolute atomic E-state index is 13.1. The molecule has 7 nitrogen and oxygen atoms in total. The number of nitrogens with zero attached hydrogens (tertiary/aromatic N) is 1. The van der Waals surface area contributed by atoms with Crippen LogP contribution in [0.2, 0.25) is 0 Å². The molecule has 4 fully saturated rings. The summed E-state index contributed by atoms with van der Waals surface area (Å²) in [7, 11) is -2.29. The van der Waals surface area contributed by atoms with Crippen LogP contribution in [0.5, 0.6) is 0 Å². The first-order chi connectivity index (χ1) is 11.6. The Morgan fingerprint density at radius 3 is 2.68 bits per heavy atom. The fourth-order valence-corrected chi connectivity index (χ4v) is 8.33. The summed E-state index contributed by atoms with van der Waals surface area (Å²) in [5, 5.41) is 0. The molecular weight excluding hydrogens is 346 g/mol. The van der Waals surface area contributed by atoms with Gasteiger partial charge in [-0.3, -0.25) is 9.59 Å². The van der Waals surface area contributed by atoms with Crippen LogP contribution in [0.25, 0.3) is 0 Å². The van der Waals surface area contributed by atoms with Crippen molar-refractivity contribution in [3.05, 3.63) is 0 Å². The Labute approximate surface area is 148 Å². The zero-order valence-corrected chi connectivity index (χ0v) is 15.7. The standard InChI is InChI=1S/C17H25NO6S/c1-16(2)10-4-5-17(16)9-25(21,22)18(13(17)6-10)15(20)12-7-11(19)8-14(23-3)24-12/h10,12-14H,4-9H2,1-3H3/t10-,12-,13-,14-,17-/m0/s1. The van der Waals surface area contributed by atoms with Crippen molar-refractivity contribution in [3.63, 3.8) is 0 Å². The lowest BCUT2D eigenvalue weighted by Crippen LogP contribution is -2.51. The van der Waals surface area contributed by atoms with Crippen LogP contribution in [0.15, 0.2) is 0 Å². The Hall–Kier alpha value is -0.990. The molecule has 4 rings (SSSR count). The molecule has 0 radical (unpaired) electrons. The number of rotatable bonds is 2. The van der Waals surface area contributed by atoms with Crippen LogP contribution in [-0.2, 0) is 29.1 Å². The number of carbonyl (C=O) groups excluding carboxylic acids is 2. The highest BCUT2D eigenvalue weighted by Crippen LogP contribution is 2.70. The molecule has 2 aliphatic carbocycles. The van der Waals surface area contributed by atoms with Gasteiger partial charge in [-0.05, 0) is 30.6 Å². The van der Waals surface area contributed by atoms with Crippen molar-refractivity contribution in [2.75, 3.05) is 12.9 Å². The minimum absolute atomic E-state index is 0.0221.